The van der Waals surface area contributed by atoms with Crippen LogP contribution in [0.4, 0.5) is 4.39 Å². The number of halogens is 1. The average molecular weight is 334 g/mol. The summed E-state index contributed by atoms with van der Waals surface area (Å²) in [6.45, 7) is 2.73. The van der Waals surface area contributed by atoms with Gasteiger partial charge in [-0.3, -0.25) is 9.69 Å². The Bertz CT molecular complexity index is 563. The lowest BCUT2D eigenvalue weighted by molar-refractivity contribution is -0.131. The molecule has 1 aromatic carbocycles. The van der Waals surface area contributed by atoms with Gasteiger partial charge in [0.25, 0.3) is 0 Å². The van der Waals surface area contributed by atoms with Gasteiger partial charge >= 0.3 is 0 Å². The van der Waals surface area contributed by atoms with Crippen molar-refractivity contribution < 1.29 is 13.9 Å². The van der Waals surface area contributed by atoms with E-state index in [2.05, 4.69) is 17.0 Å². The SMILES string of the molecule is COc1ccc(CN2CCCC3(CCC(=O)N3CCF)CC2)cc1. The summed E-state index contributed by atoms with van der Waals surface area (Å²) in [7, 11) is 1.68. The number of hydrogen-bond donors (Lipinski definition) is 0. The van der Waals surface area contributed by atoms with Gasteiger partial charge in [0.15, 0.2) is 0 Å². The highest BCUT2D eigenvalue weighted by atomic mass is 19.1. The minimum Gasteiger partial charge on any atom is -0.497 e. The van der Waals surface area contributed by atoms with E-state index in [4.69, 9.17) is 4.74 Å². The van der Waals surface area contributed by atoms with Gasteiger partial charge in [0.05, 0.1) is 7.11 Å². The molecule has 4 nitrogen and oxygen atoms in total. The number of likely N-dealkylation sites (tertiary alicyclic amines) is 2. The number of amides is 1. The summed E-state index contributed by atoms with van der Waals surface area (Å²) < 4.78 is 18.1. The summed E-state index contributed by atoms with van der Waals surface area (Å²) in [5.41, 5.74) is 1.17. The molecule has 2 saturated heterocycles. The quantitative estimate of drug-likeness (QED) is 0.830. The maximum atomic E-state index is 12.9. The molecule has 1 amide bonds. The van der Waals surface area contributed by atoms with E-state index in [-0.39, 0.29) is 18.0 Å². The monoisotopic (exact) mass is 334 g/mol. The minimum atomic E-state index is -0.441. The predicted octanol–water partition coefficient (Wildman–Crippen LogP) is 3.01. The molecule has 0 aromatic heterocycles. The number of alkyl halides is 1. The Morgan fingerprint density at radius 1 is 1.17 bits per heavy atom. The predicted molar refractivity (Wildman–Crippen MR) is 91.8 cm³/mol. The highest BCUT2D eigenvalue weighted by Crippen LogP contribution is 2.39. The summed E-state index contributed by atoms with van der Waals surface area (Å²) in [5.74, 6) is 1.01. The van der Waals surface area contributed by atoms with Gasteiger partial charge < -0.3 is 9.64 Å². The summed E-state index contributed by atoms with van der Waals surface area (Å²) >= 11 is 0. The van der Waals surface area contributed by atoms with Crippen molar-refractivity contribution in [3.05, 3.63) is 29.8 Å². The topological polar surface area (TPSA) is 32.8 Å². The van der Waals surface area contributed by atoms with Crippen molar-refractivity contribution in [2.75, 3.05) is 33.4 Å². The molecule has 0 bridgehead atoms. The first-order chi connectivity index (χ1) is 11.7. The lowest BCUT2D eigenvalue weighted by atomic mass is 9.88. The van der Waals surface area contributed by atoms with E-state index in [1.54, 1.807) is 7.11 Å². The van der Waals surface area contributed by atoms with Gasteiger partial charge in [0.2, 0.25) is 5.91 Å². The molecule has 132 valence electrons. The van der Waals surface area contributed by atoms with E-state index in [0.29, 0.717) is 6.42 Å². The molecule has 1 spiro atoms. The fraction of sp³-hybridized carbons (Fsp3) is 0.632. The summed E-state index contributed by atoms with van der Waals surface area (Å²) in [6.07, 6.45) is 4.49. The number of benzene rings is 1. The lowest BCUT2D eigenvalue weighted by Gasteiger charge is -2.37. The first-order valence-electron chi connectivity index (χ1n) is 8.89. The molecule has 2 fully saturated rings. The van der Waals surface area contributed by atoms with E-state index in [1.165, 1.54) is 5.56 Å². The number of hydrogen-bond acceptors (Lipinski definition) is 3. The summed E-state index contributed by atoms with van der Waals surface area (Å²) in [4.78, 5) is 16.4. The Morgan fingerprint density at radius 2 is 1.96 bits per heavy atom. The van der Waals surface area contributed by atoms with Crippen molar-refractivity contribution >= 4 is 5.91 Å². The van der Waals surface area contributed by atoms with Crippen molar-refractivity contribution in [1.82, 2.24) is 9.80 Å². The van der Waals surface area contributed by atoms with Gasteiger partial charge in [-0.15, -0.1) is 0 Å². The van der Waals surface area contributed by atoms with Crippen LogP contribution >= 0.6 is 0 Å². The Morgan fingerprint density at radius 3 is 2.67 bits per heavy atom. The van der Waals surface area contributed by atoms with Crippen molar-refractivity contribution in [2.45, 2.75) is 44.2 Å². The number of ether oxygens (including phenoxy) is 1. The van der Waals surface area contributed by atoms with E-state index in [9.17, 15) is 9.18 Å². The fourth-order valence-corrected chi connectivity index (χ4v) is 4.22. The number of rotatable bonds is 5. The van der Waals surface area contributed by atoms with Crippen molar-refractivity contribution in [3.8, 4) is 5.75 Å². The van der Waals surface area contributed by atoms with Crippen LogP contribution in [0.5, 0.6) is 5.75 Å². The normalized spacial score (nSPS) is 25.2. The number of carbonyl (C=O) groups excluding carboxylic acids is 1. The third-order valence-electron chi connectivity index (χ3n) is 5.56. The first-order valence-corrected chi connectivity index (χ1v) is 8.89. The number of carbonyl (C=O) groups is 1. The van der Waals surface area contributed by atoms with Crippen LogP contribution in [0.1, 0.15) is 37.7 Å². The Balaban J connectivity index is 1.63. The third kappa shape index (κ3) is 3.56. The van der Waals surface area contributed by atoms with Crippen molar-refractivity contribution in [2.24, 2.45) is 0 Å². The molecule has 2 heterocycles. The maximum Gasteiger partial charge on any atom is 0.223 e. The molecule has 1 aromatic rings. The van der Waals surface area contributed by atoms with E-state index in [1.807, 2.05) is 17.0 Å². The van der Waals surface area contributed by atoms with Crippen LogP contribution in [0.25, 0.3) is 0 Å². The van der Waals surface area contributed by atoms with E-state index >= 15 is 0 Å². The maximum absolute atomic E-state index is 12.9. The van der Waals surface area contributed by atoms with E-state index in [0.717, 1.165) is 51.1 Å². The minimum absolute atomic E-state index is 0.0994. The van der Waals surface area contributed by atoms with Gasteiger partial charge in [-0.05, 0) is 49.9 Å². The highest BCUT2D eigenvalue weighted by molar-refractivity contribution is 5.79. The molecule has 2 aliphatic rings. The standard InChI is InChI=1S/C19H27FN2O2/c1-24-17-5-3-16(4-6-17)15-21-12-2-8-19(10-13-21)9-7-18(23)22(19)14-11-20/h3-6H,2,7-15H2,1H3. The van der Waals surface area contributed by atoms with Gasteiger partial charge in [0, 0.05) is 31.6 Å². The highest BCUT2D eigenvalue weighted by Gasteiger charge is 2.45. The van der Waals surface area contributed by atoms with Crippen LogP contribution in [0.2, 0.25) is 0 Å². The second-order valence-corrected chi connectivity index (χ2v) is 6.94. The van der Waals surface area contributed by atoms with Crippen LogP contribution in [0.15, 0.2) is 24.3 Å². The zero-order chi connectivity index (χ0) is 17.0. The van der Waals surface area contributed by atoms with Crippen molar-refractivity contribution in [3.63, 3.8) is 0 Å². The van der Waals surface area contributed by atoms with Gasteiger partial charge in [-0.1, -0.05) is 12.1 Å². The Labute approximate surface area is 143 Å². The first kappa shape index (κ1) is 17.2. The molecular weight excluding hydrogens is 307 g/mol. The second kappa shape index (κ2) is 7.51. The zero-order valence-electron chi connectivity index (χ0n) is 14.5. The Hall–Kier alpha value is -1.62. The molecule has 0 radical (unpaired) electrons. The van der Waals surface area contributed by atoms with Crippen LogP contribution in [-0.4, -0.2) is 54.7 Å². The van der Waals surface area contributed by atoms with Gasteiger partial charge in [-0.2, -0.15) is 0 Å². The summed E-state index contributed by atoms with van der Waals surface area (Å²) in [5, 5.41) is 0. The number of nitrogens with zero attached hydrogens (tertiary/aromatic N) is 2. The molecule has 0 aliphatic carbocycles. The molecule has 3 rings (SSSR count). The molecule has 0 N–H and O–H groups in total. The lowest BCUT2D eigenvalue weighted by Crippen LogP contribution is -2.47. The third-order valence-corrected chi connectivity index (χ3v) is 5.56. The molecule has 0 saturated carbocycles. The zero-order valence-corrected chi connectivity index (χ0v) is 14.5. The number of methoxy groups -OCH3 is 1. The largest absolute Gasteiger partial charge is 0.497 e. The molecule has 1 unspecified atom stereocenters. The molecule has 1 atom stereocenters. The smallest absolute Gasteiger partial charge is 0.223 e. The molecular formula is C19H27FN2O2. The van der Waals surface area contributed by atoms with Crippen LogP contribution < -0.4 is 4.74 Å². The summed E-state index contributed by atoms with van der Waals surface area (Å²) in [6, 6.07) is 8.20. The second-order valence-electron chi connectivity index (χ2n) is 6.94. The van der Waals surface area contributed by atoms with Gasteiger partial charge in [-0.25, -0.2) is 4.39 Å². The van der Waals surface area contributed by atoms with Gasteiger partial charge in [0.1, 0.15) is 12.4 Å². The van der Waals surface area contributed by atoms with Crippen LogP contribution in [-0.2, 0) is 11.3 Å². The molecule has 5 heteroatoms. The average Bonchev–Trinajstić information content (AvgIpc) is 2.78. The van der Waals surface area contributed by atoms with Crippen molar-refractivity contribution in [1.29, 1.82) is 0 Å². The van der Waals surface area contributed by atoms with Crippen LogP contribution in [0, 0.1) is 0 Å². The van der Waals surface area contributed by atoms with E-state index < -0.39 is 6.67 Å². The Kier molecular flexibility index (Phi) is 5.39. The molecule has 2 aliphatic heterocycles. The van der Waals surface area contributed by atoms with Crippen LogP contribution in [0.3, 0.4) is 0 Å². The molecule has 24 heavy (non-hydrogen) atoms. The fourth-order valence-electron chi connectivity index (χ4n) is 4.22.